The summed E-state index contributed by atoms with van der Waals surface area (Å²) in [5, 5.41) is 10.5. The summed E-state index contributed by atoms with van der Waals surface area (Å²) in [6.07, 6.45) is -0.0190. The van der Waals surface area contributed by atoms with E-state index in [0.717, 1.165) is 5.39 Å². The molecule has 1 aromatic heterocycles. The third kappa shape index (κ3) is 2.75. The minimum atomic E-state index is -0.876. The number of aromatic amines is 1. The average Bonchev–Trinajstić information content (AvgIpc) is 2.47. The Bertz CT molecular complexity index is 725. The quantitative estimate of drug-likeness (QED) is 0.887. The van der Waals surface area contributed by atoms with Gasteiger partial charge in [0.05, 0.1) is 25.7 Å². The van der Waals surface area contributed by atoms with Crippen molar-refractivity contribution in [2.45, 2.75) is 12.5 Å². The molecule has 0 spiro atoms. The van der Waals surface area contributed by atoms with Crippen LogP contribution < -0.4 is 10.5 Å². The van der Waals surface area contributed by atoms with Crippen molar-refractivity contribution in [2.75, 3.05) is 24.7 Å². The van der Waals surface area contributed by atoms with E-state index in [4.69, 9.17) is 9.84 Å². The SMILES string of the molecule is O=C(O)CC1COCCN1c1cc2ccccc2c(=O)[nH]1. The fourth-order valence-electron chi connectivity index (χ4n) is 2.69. The van der Waals surface area contributed by atoms with Crippen molar-refractivity contribution in [2.24, 2.45) is 0 Å². The second-order valence-electron chi connectivity index (χ2n) is 5.09. The van der Waals surface area contributed by atoms with Crippen molar-refractivity contribution in [3.8, 4) is 0 Å². The van der Waals surface area contributed by atoms with Crippen LogP contribution in [0, 0.1) is 0 Å². The number of carboxylic acids is 1. The monoisotopic (exact) mass is 288 g/mol. The van der Waals surface area contributed by atoms with Crippen LogP contribution in [0.25, 0.3) is 10.8 Å². The summed E-state index contributed by atoms with van der Waals surface area (Å²) in [7, 11) is 0. The van der Waals surface area contributed by atoms with E-state index in [1.807, 2.05) is 29.2 Å². The molecule has 21 heavy (non-hydrogen) atoms. The number of fused-ring (bicyclic) bond motifs is 1. The molecule has 1 atom stereocenters. The number of nitrogens with zero attached hydrogens (tertiary/aromatic N) is 1. The Hall–Kier alpha value is -2.34. The molecule has 1 fully saturated rings. The number of benzene rings is 1. The first-order valence-electron chi connectivity index (χ1n) is 6.83. The van der Waals surface area contributed by atoms with Gasteiger partial charge in [0.2, 0.25) is 0 Å². The van der Waals surface area contributed by atoms with Crippen LogP contribution in [0.2, 0.25) is 0 Å². The van der Waals surface area contributed by atoms with Gasteiger partial charge in [-0.1, -0.05) is 18.2 Å². The molecule has 1 aromatic carbocycles. The van der Waals surface area contributed by atoms with E-state index in [0.29, 0.717) is 31.0 Å². The Labute approximate surface area is 121 Å². The zero-order valence-corrected chi connectivity index (χ0v) is 11.4. The van der Waals surface area contributed by atoms with Gasteiger partial charge in [0, 0.05) is 11.9 Å². The smallest absolute Gasteiger partial charge is 0.305 e. The van der Waals surface area contributed by atoms with Crippen molar-refractivity contribution in [1.82, 2.24) is 4.98 Å². The van der Waals surface area contributed by atoms with Gasteiger partial charge < -0.3 is 19.7 Å². The number of hydrogen-bond acceptors (Lipinski definition) is 4. The van der Waals surface area contributed by atoms with Gasteiger partial charge in [-0.05, 0) is 17.5 Å². The third-order valence-corrected chi connectivity index (χ3v) is 3.69. The number of aromatic nitrogens is 1. The van der Waals surface area contributed by atoms with Crippen LogP contribution in [-0.2, 0) is 9.53 Å². The maximum Gasteiger partial charge on any atom is 0.305 e. The molecule has 0 aliphatic carbocycles. The van der Waals surface area contributed by atoms with E-state index >= 15 is 0 Å². The molecule has 2 heterocycles. The van der Waals surface area contributed by atoms with Crippen LogP contribution in [0.1, 0.15) is 6.42 Å². The number of morpholine rings is 1. The van der Waals surface area contributed by atoms with Gasteiger partial charge >= 0.3 is 5.97 Å². The summed E-state index contributed by atoms with van der Waals surface area (Å²) in [5.74, 6) is -0.230. The molecule has 0 saturated carbocycles. The highest BCUT2D eigenvalue weighted by Gasteiger charge is 2.26. The molecule has 1 saturated heterocycles. The van der Waals surface area contributed by atoms with Gasteiger partial charge in [0.1, 0.15) is 5.82 Å². The number of rotatable bonds is 3. The number of H-pyrrole nitrogens is 1. The standard InChI is InChI=1S/C15H16N2O4/c18-14(19)8-11-9-21-6-5-17(11)13-7-10-3-1-2-4-12(10)15(20)16-13/h1-4,7,11H,5-6,8-9H2,(H,16,20)(H,18,19). The number of carboxylic acid groups (broad SMARTS) is 1. The molecule has 2 aromatic rings. The summed E-state index contributed by atoms with van der Waals surface area (Å²) in [5.41, 5.74) is -0.163. The van der Waals surface area contributed by atoms with E-state index < -0.39 is 5.97 Å². The fraction of sp³-hybridized carbons (Fsp3) is 0.333. The Balaban J connectivity index is 2.01. The Morgan fingerprint density at radius 2 is 2.24 bits per heavy atom. The van der Waals surface area contributed by atoms with Crippen LogP contribution in [0.3, 0.4) is 0 Å². The topological polar surface area (TPSA) is 82.6 Å². The highest BCUT2D eigenvalue weighted by Crippen LogP contribution is 2.21. The molecule has 1 aliphatic heterocycles. The van der Waals surface area contributed by atoms with Crippen LogP contribution in [0.15, 0.2) is 35.1 Å². The molecule has 2 N–H and O–H groups in total. The van der Waals surface area contributed by atoms with Crippen molar-refractivity contribution >= 4 is 22.6 Å². The van der Waals surface area contributed by atoms with Gasteiger partial charge in [0.15, 0.2) is 0 Å². The van der Waals surface area contributed by atoms with Crippen LogP contribution in [0.5, 0.6) is 0 Å². The minimum absolute atomic E-state index is 0.0190. The fourth-order valence-corrected chi connectivity index (χ4v) is 2.69. The molecule has 0 radical (unpaired) electrons. The Morgan fingerprint density at radius 3 is 3.05 bits per heavy atom. The number of carbonyl (C=O) groups is 1. The normalized spacial score (nSPS) is 18.9. The largest absolute Gasteiger partial charge is 0.481 e. The van der Waals surface area contributed by atoms with Gasteiger partial charge in [0.25, 0.3) is 5.56 Å². The van der Waals surface area contributed by atoms with E-state index in [1.165, 1.54) is 0 Å². The number of aliphatic carboxylic acids is 1. The molecule has 6 heteroatoms. The highest BCUT2D eigenvalue weighted by molar-refractivity contribution is 5.84. The second-order valence-corrected chi connectivity index (χ2v) is 5.09. The molecule has 1 unspecified atom stereocenters. The number of ether oxygens (including phenoxy) is 1. The molecule has 1 aliphatic rings. The molecule has 0 bridgehead atoms. The lowest BCUT2D eigenvalue weighted by Crippen LogP contribution is -2.47. The van der Waals surface area contributed by atoms with Crippen molar-refractivity contribution < 1.29 is 14.6 Å². The zero-order valence-electron chi connectivity index (χ0n) is 11.4. The summed E-state index contributed by atoms with van der Waals surface area (Å²) < 4.78 is 5.36. The van der Waals surface area contributed by atoms with E-state index in [2.05, 4.69) is 4.98 Å². The van der Waals surface area contributed by atoms with E-state index in [1.54, 1.807) is 6.07 Å². The molecular formula is C15H16N2O4. The maximum absolute atomic E-state index is 12.1. The second kappa shape index (κ2) is 5.57. The third-order valence-electron chi connectivity index (χ3n) is 3.69. The van der Waals surface area contributed by atoms with Gasteiger partial charge in [-0.15, -0.1) is 0 Å². The molecule has 3 rings (SSSR count). The maximum atomic E-state index is 12.1. The van der Waals surface area contributed by atoms with Gasteiger partial charge in [-0.2, -0.15) is 0 Å². The van der Waals surface area contributed by atoms with Gasteiger partial charge in [-0.3, -0.25) is 9.59 Å². The molecule has 0 amide bonds. The Morgan fingerprint density at radius 1 is 1.43 bits per heavy atom. The molecule has 110 valence electrons. The summed E-state index contributed by atoms with van der Waals surface area (Å²) in [4.78, 5) is 27.9. The molecular weight excluding hydrogens is 272 g/mol. The van der Waals surface area contributed by atoms with Crippen molar-refractivity contribution in [3.05, 3.63) is 40.7 Å². The lowest BCUT2D eigenvalue weighted by atomic mass is 10.1. The predicted octanol–water partition coefficient (Wildman–Crippen LogP) is 1.21. The number of pyridine rings is 1. The molecule has 6 nitrogen and oxygen atoms in total. The van der Waals surface area contributed by atoms with Crippen molar-refractivity contribution in [1.29, 1.82) is 0 Å². The zero-order chi connectivity index (χ0) is 14.8. The first-order valence-corrected chi connectivity index (χ1v) is 6.83. The van der Waals surface area contributed by atoms with Crippen LogP contribution >= 0.6 is 0 Å². The number of nitrogens with one attached hydrogen (secondary N) is 1. The first-order chi connectivity index (χ1) is 10.1. The number of hydrogen-bond donors (Lipinski definition) is 2. The van der Waals surface area contributed by atoms with Crippen LogP contribution in [0.4, 0.5) is 5.82 Å². The van der Waals surface area contributed by atoms with E-state index in [-0.39, 0.29) is 18.0 Å². The first kappa shape index (κ1) is 13.6. The van der Waals surface area contributed by atoms with Crippen LogP contribution in [-0.4, -0.2) is 41.9 Å². The number of anilines is 1. The summed E-state index contributed by atoms with van der Waals surface area (Å²) in [6, 6.07) is 8.95. The average molecular weight is 288 g/mol. The highest BCUT2D eigenvalue weighted by atomic mass is 16.5. The lowest BCUT2D eigenvalue weighted by Gasteiger charge is -2.36. The summed E-state index contributed by atoms with van der Waals surface area (Å²) in [6.45, 7) is 1.43. The van der Waals surface area contributed by atoms with E-state index in [9.17, 15) is 9.59 Å². The predicted molar refractivity (Wildman–Crippen MR) is 78.8 cm³/mol. The minimum Gasteiger partial charge on any atom is -0.481 e. The summed E-state index contributed by atoms with van der Waals surface area (Å²) >= 11 is 0. The lowest BCUT2D eigenvalue weighted by molar-refractivity contribution is -0.138. The van der Waals surface area contributed by atoms with Gasteiger partial charge in [-0.25, -0.2) is 0 Å². The van der Waals surface area contributed by atoms with Crippen molar-refractivity contribution in [3.63, 3.8) is 0 Å². The Kier molecular flexibility index (Phi) is 3.62.